The number of carbonyl (C=O) groups is 1. The Morgan fingerprint density at radius 1 is 1.34 bits per heavy atom. The molecule has 29 heavy (non-hydrogen) atoms. The minimum atomic E-state index is -3.90. The number of anilines is 1. The van der Waals surface area contributed by atoms with Gasteiger partial charge in [0.2, 0.25) is 10.0 Å². The van der Waals surface area contributed by atoms with Crippen LogP contribution in [0, 0.1) is 10.1 Å². The maximum atomic E-state index is 12.9. The van der Waals surface area contributed by atoms with Gasteiger partial charge in [-0.2, -0.15) is 4.31 Å². The van der Waals surface area contributed by atoms with Crippen LogP contribution < -0.4 is 5.32 Å². The van der Waals surface area contributed by atoms with Crippen LogP contribution in [0.3, 0.4) is 0 Å². The number of thiazole rings is 1. The van der Waals surface area contributed by atoms with Gasteiger partial charge in [0.05, 0.1) is 33.9 Å². The second-order valence-corrected chi connectivity index (χ2v) is 9.22. The highest BCUT2D eigenvalue weighted by Crippen LogP contribution is 2.32. The summed E-state index contributed by atoms with van der Waals surface area (Å²) in [5.74, 6) is -0.370. The zero-order valence-electron chi connectivity index (χ0n) is 14.8. The first kappa shape index (κ1) is 19.2. The molecule has 10 nitrogen and oxygen atoms in total. The fraction of sp³-hybridized carbons (Fsp3) is 0.176. The Hall–Kier alpha value is -3.09. The maximum Gasteiger partial charge on any atom is 0.270 e. The summed E-state index contributed by atoms with van der Waals surface area (Å²) in [7, 11) is -3.90. The molecule has 1 N–H and O–H groups in total. The van der Waals surface area contributed by atoms with Crippen molar-refractivity contribution in [1.82, 2.24) is 9.29 Å². The van der Waals surface area contributed by atoms with E-state index in [2.05, 4.69) is 10.3 Å². The Kier molecular flexibility index (Phi) is 4.90. The van der Waals surface area contributed by atoms with Crippen molar-refractivity contribution in [1.29, 1.82) is 0 Å². The summed E-state index contributed by atoms with van der Waals surface area (Å²) in [5, 5.41) is 14.0. The lowest BCUT2D eigenvalue weighted by molar-refractivity contribution is -0.385. The third kappa shape index (κ3) is 3.77. The van der Waals surface area contributed by atoms with Crippen LogP contribution in [0.15, 0.2) is 52.2 Å². The first-order valence-electron chi connectivity index (χ1n) is 8.41. The summed E-state index contributed by atoms with van der Waals surface area (Å²) in [6, 6.07) is 6.49. The van der Waals surface area contributed by atoms with E-state index in [4.69, 9.17) is 4.42 Å². The number of aromatic nitrogens is 1. The number of benzene rings is 1. The van der Waals surface area contributed by atoms with Crippen molar-refractivity contribution in [3.8, 4) is 0 Å². The largest absolute Gasteiger partial charge is 0.472 e. The Morgan fingerprint density at radius 2 is 2.17 bits per heavy atom. The highest BCUT2D eigenvalue weighted by atomic mass is 32.2. The zero-order chi connectivity index (χ0) is 20.6. The molecule has 1 amide bonds. The number of furan rings is 1. The van der Waals surface area contributed by atoms with Gasteiger partial charge in [-0.3, -0.25) is 20.2 Å². The number of rotatable bonds is 5. The van der Waals surface area contributed by atoms with Crippen molar-refractivity contribution in [2.75, 3.05) is 11.9 Å². The topological polar surface area (TPSA) is 136 Å². The van der Waals surface area contributed by atoms with Crippen molar-refractivity contribution in [3.63, 3.8) is 0 Å². The maximum absolute atomic E-state index is 12.9. The monoisotopic (exact) mass is 434 g/mol. The van der Waals surface area contributed by atoms with E-state index in [1.54, 1.807) is 0 Å². The summed E-state index contributed by atoms with van der Waals surface area (Å²) in [6.07, 6.45) is 3.08. The quantitative estimate of drug-likeness (QED) is 0.481. The molecule has 1 aromatic carbocycles. The van der Waals surface area contributed by atoms with E-state index in [1.807, 2.05) is 0 Å². The standard InChI is InChI=1S/C17H14N4O6S2/c22-16(11-5-7-27-10-11)19-17-18-14-4-6-20(9-15(14)28-17)29(25,26)13-3-1-2-12(8-13)21(23)24/h1-3,5,7-8,10H,4,6,9H2,(H,18,19,22). The molecule has 1 aliphatic heterocycles. The molecular formula is C17H14N4O6S2. The Bertz CT molecular complexity index is 1190. The summed E-state index contributed by atoms with van der Waals surface area (Å²) < 4.78 is 32.0. The van der Waals surface area contributed by atoms with Gasteiger partial charge in [0.25, 0.3) is 11.6 Å². The van der Waals surface area contributed by atoms with E-state index in [-0.39, 0.29) is 29.6 Å². The van der Waals surface area contributed by atoms with Gasteiger partial charge in [0.1, 0.15) is 6.26 Å². The first-order valence-corrected chi connectivity index (χ1v) is 10.7. The van der Waals surface area contributed by atoms with E-state index >= 15 is 0 Å². The lowest BCUT2D eigenvalue weighted by Crippen LogP contribution is -2.35. The summed E-state index contributed by atoms with van der Waals surface area (Å²) >= 11 is 1.20. The molecular weight excluding hydrogens is 420 g/mol. The Morgan fingerprint density at radius 3 is 2.90 bits per heavy atom. The van der Waals surface area contributed by atoms with Crippen molar-refractivity contribution in [2.45, 2.75) is 17.9 Å². The zero-order valence-corrected chi connectivity index (χ0v) is 16.4. The molecule has 150 valence electrons. The molecule has 0 saturated heterocycles. The number of sulfonamides is 1. The third-order valence-corrected chi connectivity index (χ3v) is 7.21. The molecule has 0 aliphatic carbocycles. The molecule has 0 fully saturated rings. The Balaban J connectivity index is 1.54. The molecule has 3 heterocycles. The lowest BCUT2D eigenvalue weighted by Gasteiger charge is -2.25. The number of non-ortho nitro benzene ring substituents is 1. The summed E-state index contributed by atoms with van der Waals surface area (Å²) in [6.45, 7) is 0.274. The van der Waals surface area contributed by atoms with Gasteiger partial charge in [0, 0.05) is 30.0 Å². The van der Waals surface area contributed by atoms with Gasteiger partial charge in [-0.1, -0.05) is 6.07 Å². The van der Waals surface area contributed by atoms with Gasteiger partial charge < -0.3 is 4.42 Å². The van der Waals surface area contributed by atoms with Crippen molar-refractivity contribution >= 4 is 38.1 Å². The van der Waals surface area contributed by atoms with Crippen LogP contribution in [0.2, 0.25) is 0 Å². The Labute approximate surface area is 169 Å². The van der Waals surface area contributed by atoms with Crippen LogP contribution in [0.25, 0.3) is 0 Å². The number of hydrogen-bond donors (Lipinski definition) is 1. The van der Waals surface area contributed by atoms with E-state index < -0.39 is 14.9 Å². The smallest absolute Gasteiger partial charge is 0.270 e. The molecule has 0 saturated carbocycles. The third-order valence-electron chi connectivity index (χ3n) is 4.37. The molecule has 0 unspecified atom stereocenters. The number of nitro benzene ring substituents is 1. The van der Waals surface area contributed by atoms with Gasteiger partial charge in [0.15, 0.2) is 5.13 Å². The number of nitrogens with zero attached hydrogens (tertiary/aromatic N) is 3. The predicted molar refractivity (Wildman–Crippen MR) is 103 cm³/mol. The number of fused-ring (bicyclic) bond motifs is 1. The fourth-order valence-corrected chi connectivity index (χ4v) is 5.45. The molecule has 12 heteroatoms. The van der Waals surface area contributed by atoms with Gasteiger partial charge in [-0.15, -0.1) is 11.3 Å². The molecule has 0 spiro atoms. The first-order chi connectivity index (χ1) is 13.8. The average Bonchev–Trinajstić information content (AvgIpc) is 3.37. The molecule has 1 aliphatic rings. The SMILES string of the molecule is O=C(Nc1nc2c(s1)CN(S(=O)(=O)c1cccc([N+](=O)[O-])c1)CC2)c1ccoc1. The molecule has 0 radical (unpaired) electrons. The predicted octanol–water partition coefficient (Wildman–Crippen LogP) is 2.64. The minimum Gasteiger partial charge on any atom is -0.472 e. The van der Waals surface area contributed by atoms with Crippen LogP contribution in [-0.2, 0) is 23.0 Å². The van der Waals surface area contributed by atoms with E-state index in [1.165, 1.54) is 52.4 Å². The van der Waals surface area contributed by atoms with Crippen molar-refractivity contribution in [3.05, 3.63) is 69.1 Å². The molecule has 2 aromatic heterocycles. The molecule has 3 aromatic rings. The van der Waals surface area contributed by atoms with Gasteiger partial charge in [-0.25, -0.2) is 13.4 Å². The average molecular weight is 434 g/mol. The number of nitro groups is 1. The normalized spacial score (nSPS) is 14.3. The number of hydrogen-bond acceptors (Lipinski definition) is 8. The summed E-state index contributed by atoms with van der Waals surface area (Å²) in [5.41, 5.74) is 0.793. The number of amides is 1. The fourth-order valence-electron chi connectivity index (χ4n) is 2.90. The van der Waals surface area contributed by atoms with E-state index in [0.29, 0.717) is 22.0 Å². The second kappa shape index (κ2) is 7.39. The van der Waals surface area contributed by atoms with Crippen LogP contribution in [-0.4, -0.2) is 35.1 Å². The molecule has 4 rings (SSSR count). The van der Waals surface area contributed by atoms with Crippen LogP contribution in [0.4, 0.5) is 10.8 Å². The van der Waals surface area contributed by atoms with Crippen LogP contribution in [0.5, 0.6) is 0 Å². The number of nitrogens with one attached hydrogen (secondary N) is 1. The highest BCUT2D eigenvalue weighted by molar-refractivity contribution is 7.89. The van der Waals surface area contributed by atoms with E-state index in [9.17, 15) is 23.3 Å². The van der Waals surface area contributed by atoms with Gasteiger partial charge >= 0.3 is 0 Å². The van der Waals surface area contributed by atoms with Gasteiger partial charge in [-0.05, 0) is 12.1 Å². The van der Waals surface area contributed by atoms with Crippen LogP contribution in [0.1, 0.15) is 20.9 Å². The summed E-state index contributed by atoms with van der Waals surface area (Å²) in [4.78, 5) is 27.4. The number of carbonyl (C=O) groups excluding carboxylic acids is 1. The molecule has 0 bridgehead atoms. The van der Waals surface area contributed by atoms with Crippen molar-refractivity contribution < 1.29 is 22.6 Å². The second-order valence-electron chi connectivity index (χ2n) is 6.20. The lowest BCUT2D eigenvalue weighted by atomic mass is 10.2. The minimum absolute atomic E-state index is 0.0829. The van der Waals surface area contributed by atoms with Crippen molar-refractivity contribution in [2.24, 2.45) is 0 Å². The molecule has 0 atom stereocenters. The van der Waals surface area contributed by atoms with Crippen LogP contribution >= 0.6 is 11.3 Å². The van der Waals surface area contributed by atoms with E-state index in [0.717, 1.165) is 11.8 Å². The highest BCUT2D eigenvalue weighted by Gasteiger charge is 2.31.